The van der Waals surface area contributed by atoms with E-state index in [2.05, 4.69) is 0 Å². The molecule has 0 saturated carbocycles. The van der Waals surface area contributed by atoms with Crippen molar-refractivity contribution in [3.63, 3.8) is 0 Å². The Morgan fingerprint density at radius 3 is 2.24 bits per heavy atom. The topological polar surface area (TPSA) is 65.4 Å². The fraction of sp³-hybridized carbons (Fsp3) is 0.179. The van der Waals surface area contributed by atoms with Crippen LogP contribution >= 0.6 is 0 Å². The molecule has 1 aromatic heterocycles. The van der Waals surface area contributed by atoms with Gasteiger partial charge in [-0.05, 0) is 42.7 Å². The third-order valence-electron chi connectivity index (χ3n) is 6.33. The number of hydrogen-bond acceptors (Lipinski definition) is 4. The molecule has 1 heterocycles. The lowest BCUT2D eigenvalue weighted by atomic mass is 9.87. The number of nitrogens with zero attached hydrogens (tertiary/aromatic N) is 1. The first-order valence-corrected chi connectivity index (χ1v) is 12.7. The predicted octanol–water partition coefficient (Wildman–Crippen LogP) is 6.02. The van der Waals surface area contributed by atoms with Crippen LogP contribution in [-0.2, 0) is 19.6 Å². The molecule has 1 atom stereocenters. The first-order chi connectivity index (χ1) is 16.3. The zero-order valence-corrected chi connectivity index (χ0v) is 20.1. The van der Waals surface area contributed by atoms with Crippen molar-refractivity contribution >= 4 is 32.7 Å². The van der Waals surface area contributed by atoms with Gasteiger partial charge in [-0.15, -0.1) is 0 Å². The minimum Gasteiger partial charge on any atom is -0.424 e. The van der Waals surface area contributed by atoms with Gasteiger partial charge in [0.15, 0.2) is 5.76 Å². The molecule has 0 saturated heterocycles. The SMILES string of the molecule is CCC1=C(OC(C)=O)c2c(c3ccccc3n2S(=O)(=O)c2ccc(C)cc2)C1c1ccccc1. The summed E-state index contributed by atoms with van der Waals surface area (Å²) in [5.41, 5.74) is 4.74. The van der Waals surface area contributed by atoms with Gasteiger partial charge in [-0.3, -0.25) is 4.79 Å². The molecule has 1 aliphatic carbocycles. The molecule has 5 nitrogen and oxygen atoms in total. The van der Waals surface area contributed by atoms with Crippen LogP contribution in [0, 0.1) is 6.92 Å². The molecule has 1 aliphatic rings. The van der Waals surface area contributed by atoms with Crippen molar-refractivity contribution in [2.45, 2.75) is 38.0 Å². The Labute approximate surface area is 199 Å². The molecule has 5 rings (SSSR count). The zero-order valence-electron chi connectivity index (χ0n) is 19.3. The van der Waals surface area contributed by atoms with Gasteiger partial charge < -0.3 is 4.74 Å². The second-order valence-electron chi connectivity index (χ2n) is 8.51. The summed E-state index contributed by atoms with van der Waals surface area (Å²) in [5, 5.41) is 0.829. The second kappa shape index (κ2) is 8.29. The number of aromatic nitrogens is 1. The zero-order chi connectivity index (χ0) is 24.0. The maximum absolute atomic E-state index is 14.0. The van der Waals surface area contributed by atoms with E-state index in [1.807, 2.05) is 62.4 Å². The highest BCUT2D eigenvalue weighted by atomic mass is 32.2. The van der Waals surface area contributed by atoms with Gasteiger partial charge in [-0.1, -0.05) is 73.2 Å². The van der Waals surface area contributed by atoms with Crippen LogP contribution in [0.2, 0.25) is 0 Å². The number of allylic oxidation sites excluding steroid dienone is 1. The quantitative estimate of drug-likeness (QED) is 0.334. The van der Waals surface area contributed by atoms with E-state index in [1.165, 1.54) is 10.9 Å². The van der Waals surface area contributed by atoms with Gasteiger partial charge in [0.1, 0.15) is 5.69 Å². The summed E-state index contributed by atoms with van der Waals surface area (Å²) in [6.45, 7) is 5.26. The van der Waals surface area contributed by atoms with Crippen LogP contribution in [0.5, 0.6) is 0 Å². The summed E-state index contributed by atoms with van der Waals surface area (Å²) in [6.07, 6.45) is 0.607. The van der Waals surface area contributed by atoms with E-state index in [1.54, 1.807) is 30.3 Å². The third kappa shape index (κ3) is 3.37. The largest absolute Gasteiger partial charge is 0.424 e. The predicted molar refractivity (Wildman–Crippen MR) is 133 cm³/mol. The molecule has 0 radical (unpaired) electrons. The Bertz CT molecular complexity index is 1550. The number of carbonyl (C=O) groups is 1. The van der Waals surface area contributed by atoms with E-state index in [-0.39, 0.29) is 10.8 Å². The minimum atomic E-state index is -3.98. The van der Waals surface area contributed by atoms with Gasteiger partial charge in [0.05, 0.1) is 10.4 Å². The van der Waals surface area contributed by atoms with Crippen molar-refractivity contribution in [1.29, 1.82) is 0 Å². The van der Waals surface area contributed by atoms with Gasteiger partial charge in [0, 0.05) is 23.8 Å². The molecule has 0 fully saturated rings. The fourth-order valence-electron chi connectivity index (χ4n) is 4.90. The minimum absolute atomic E-state index is 0.185. The number of hydrogen-bond donors (Lipinski definition) is 0. The van der Waals surface area contributed by atoms with E-state index in [0.29, 0.717) is 23.4 Å². The summed E-state index contributed by atoms with van der Waals surface area (Å²) < 4.78 is 35.2. The lowest BCUT2D eigenvalue weighted by Crippen LogP contribution is -2.16. The molecular formula is C28H25NO4S. The van der Waals surface area contributed by atoms with E-state index in [9.17, 15) is 13.2 Å². The highest BCUT2D eigenvalue weighted by Gasteiger charge is 2.41. The molecule has 6 heteroatoms. The maximum Gasteiger partial charge on any atom is 0.308 e. The van der Waals surface area contributed by atoms with Gasteiger partial charge in [-0.2, -0.15) is 0 Å². The molecular weight excluding hydrogens is 446 g/mol. The van der Waals surface area contributed by atoms with Crippen molar-refractivity contribution < 1.29 is 17.9 Å². The summed E-state index contributed by atoms with van der Waals surface area (Å²) in [7, 11) is -3.98. The van der Waals surface area contributed by atoms with Gasteiger partial charge in [0.25, 0.3) is 10.0 Å². The maximum atomic E-state index is 14.0. The molecule has 34 heavy (non-hydrogen) atoms. The third-order valence-corrected chi connectivity index (χ3v) is 8.06. The number of para-hydroxylation sites is 1. The fourth-order valence-corrected chi connectivity index (χ4v) is 6.43. The summed E-state index contributed by atoms with van der Waals surface area (Å²) in [6, 6.07) is 24.2. The van der Waals surface area contributed by atoms with E-state index in [0.717, 1.165) is 27.6 Å². The van der Waals surface area contributed by atoms with Crippen LogP contribution in [0.15, 0.2) is 89.3 Å². The van der Waals surface area contributed by atoms with Crippen molar-refractivity contribution in [3.05, 3.63) is 107 Å². The lowest BCUT2D eigenvalue weighted by Gasteiger charge is -2.17. The number of esters is 1. The first-order valence-electron chi connectivity index (χ1n) is 11.3. The second-order valence-corrected chi connectivity index (χ2v) is 10.3. The molecule has 3 aromatic carbocycles. The normalized spacial score (nSPS) is 15.6. The van der Waals surface area contributed by atoms with Crippen LogP contribution in [0.25, 0.3) is 16.7 Å². The van der Waals surface area contributed by atoms with Crippen LogP contribution < -0.4 is 0 Å². The highest BCUT2D eigenvalue weighted by molar-refractivity contribution is 7.90. The van der Waals surface area contributed by atoms with Crippen molar-refractivity contribution in [3.8, 4) is 0 Å². The number of carbonyl (C=O) groups excluding carboxylic acids is 1. The average molecular weight is 472 g/mol. The number of aryl methyl sites for hydroxylation is 1. The standard InChI is InChI=1S/C28H25NO4S/c1-4-22-25(20-10-6-5-7-11-20)26-23-12-8-9-13-24(23)29(27(26)28(22)33-19(3)30)34(31,32)21-16-14-18(2)15-17-21/h5-17,25H,4H2,1-3H3. The van der Waals surface area contributed by atoms with E-state index < -0.39 is 16.0 Å². The van der Waals surface area contributed by atoms with E-state index >= 15 is 0 Å². The van der Waals surface area contributed by atoms with Crippen LogP contribution in [0.1, 0.15) is 48.6 Å². The molecule has 172 valence electrons. The Balaban J connectivity index is 1.91. The first kappa shape index (κ1) is 22.2. The number of rotatable bonds is 5. The number of benzene rings is 3. The monoisotopic (exact) mass is 471 g/mol. The Morgan fingerprint density at radius 2 is 1.59 bits per heavy atom. The van der Waals surface area contributed by atoms with Crippen LogP contribution in [-0.4, -0.2) is 18.4 Å². The van der Waals surface area contributed by atoms with Crippen molar-refractivity contribution in [2.24, 2.45) is 0 Å². The van der Waals surface area contributed by atoms with Crippen LogP contribution in [0.3, 0.4) is 0 Å². The molecule has 0 amide bonds. The number of fused-ring (bicyclic) bond motifs is 3. The lowest BCUT2D eigenvalue weighted by molar-refractivity contribution is -0.134. The molecule has 0 N–H and O–H groups in total. The molecule has 0 bridgehead atoms. The van der Waals surface area contributed by atoms with Gasteiger partial charge in [-0.25, -0.2) is 12.4 Å². The Hall–Kier alpha value is -3.64. The van der Waals surface area contributed by atoms with Gasteiger partial charge >= 0.3 is 5.97 Å². The number of ether oxygens (including phenoxy) is 1. The molecule has 0 aliphatic heterocycles. The van der Waals surface area contributed by atoms with E-state index in [4.69, 9.17) is 4.74 Å². The Morgan fingerprint density at radius 1 is 0.941 bits per heavy atom. The smallest absolute Gasteiger partial charge is 0.308 e. The Kier molecular flexibility index (Phi) is 5.41. The van der Waals surface area contributed by atoms with Gasteiger partial charge in [0.2, 0.25) is 0 Å². The summed E-state index contributed by atoms with van der Waals surface area (Å²) >= 11 is 0. The molecule has 1 unspecified atom stereocenters. The molecule has 0 spiro atoms. The summed E-state index contributed by atoms with van der Waals surface area (Å²) in [5.74, 6) is -0.356. The molecule has 4 aromatic rings. The van der Waals surface area contributed by atoms with Crippen molar-refractivity contribution in [1.82, 2.24) is 3.97 Å². The van der Waals surface area contributed by atoms with Crippen molar-refractivity contribution in [2.75, 3.05) is 0 Å². The average Bonchev–Trinajstić information content (AvgIpc) is 3.32. The highest BCUT2D eigenvalue weighted by Crippen LogP contribution is 2.52. The summed E-state index contributed by atoms with van der Waals surface area (Å²) in [4.78, 5) is 12.4. The van der Waals surface area contributed by atoms with Crippen LogP contribution in [0.4, 0.5) is 0 Å².